The summed E-state index contributed by atoms with van der Waals surface area (Å²) >= 11 is 1.37. The number of hydrogen-bond donors (Lipinski definition) is 2. The number of hydrogen-bond acceptors (Lipinski definition) is 7. The molecule has 3 N–H and O–H groups in total. The molecule has 0 unspecified atom stereocenters. The van der Waals surface area contributed by atoms with E-state index in [4.69, 9.17) is 20.3 Å². The van der Waals surface area contributed by atoms with E-state index in [-0.39, 0.29) is 18.8 Å². The van der Waals surface area contributed by atoms with Crippen molar-refractivity contribution in [3.05, 3.63) is 52.5 Å². The van der Waals surface area contributed by atoms with Crippen molar-refractivity contribution in [3.8, 4) is 5.75 Å². The molecule has 3 aromatic rings. The number of aromatic nitrogens is 1. The first-order valence-corrected chi connectivity index (χ1v) is 8.67. The largest absolute Gasteiger partial charge is 0.489 e. The number of thiophene rings is 1. The second-order valence-corrected chi connectivity index (χ2v) is 6.24. The number of nitrogens with zero attached hydrogens (tertiary/aromatic N) is 1. The van der Waals surface area contributed by atoms with Crippen LogP contribution in [0.3, 0.4) is 0 Å². The first kappa shape index (κ1) is 17.7. The Kier molecular flexibility index (Phi) is 5.04. The minimum atomic E-state index is -0.995. The van der Waals surface area contributed by atoms with Gasteiger partial charge in [-0.05, 0) is 36.6 Å². The standard InChI is InChI=1S/C18H16N2O5S/c1-2-24-18(23)13-7-20-16(19)14-11(9-26-15(13)14)8-25-12-5-3-10(4-6-12)17(21)22/h3-7,9H,2,8H2,1H3,(H2,19,20)(H,21,22). The van der Waals surface area contributed by atoms with Gasteiger partial charge in [0.1, 0.15) is 18.2 Å². The number of aromatic carboxylic acids is 1. The quantitative estimate of drug-likeness (QED) is 0.638. The molecule has 8 heteroatoms. The molecule has 0 atom stereocenters. The van der Waals surface area contributed by atoms with Gasteiger partial charge in [0, 0.05) is 17.1 Å². The van der Waals surface area contributed by atoms with Gasteiger partial charge in [0.15, 0.2) is 0 Å². The second-order valence-electron chi connectivity index (χ2n) is 5.36. The Morgan fingerprint density at radius 2 is 2.00 bits per heavy atom. The number of carbonyl (C=O) groups excluding carboxylic acids is 1. The van der Waals surface area contributed by atoms with Crippen molar-refractivity contribution in [2.24, 2.45) is 0 Å². The van der Waals surface area contributed by atoms with Gasteiger partial charge in [-0.25, -0.2) is 14.6 Å². The van der Waals surface area contributed by atoms with Crippen LogP contribution in [0.25, 0.3) is 10.1 Å². The van der Waals surface area contributed by atoms with Crippen LogP contribution in [0.4, 0.5) is 5.82 Å². The summed E-state index contributed by atoms with van der Waals surface area (Å²) in [7, 11) is 0. The number of rotatable bonds is 6. The van der Waals surface area contributed by atoms with E-state index in [1.807, 2.05) is 5.38 Å². The summed E-state index contributed by atoms with van der Waals surface area (Å²) < 4.78 is 11.5. The van der Waals surface area contributed by atoms with Crippen molar-refractivity contribution in [2.45, 2.75) is 13.5 Å². The van der Waals surface area contributed by atoms with E-state index in [0.717, 1.165) is 5.56 Å². The number of pyridine rings is 1. The highest BCUT2D eigenvalue weighted by Crippen LogP contribution is 2.33. The zero-order valence-corrected chi connectivity index (χ0v) is 14.7. The van der Waals surface area contributed by atoms with E-state index in [1.165, 1.54) is 29.7 Å². The summed E-state index contributed by atoms with van der Waals surface area (Å²) in [6, 6.07) is 6.11. The van der Waals surface area contributed by atoms with E-state index in [9.17, 15) is 9.59 Å². The van der Waals surface area contributed by atoms with Crippen LogP contribution < -0.4 is 10.5 Å². The van der Waals surface area contributed by atoms with Crippen molar-refractivity contribution >= 4 is 39.2 Å². The Morgan fingerprint density at radius 1 is 1.27 bits per heavy atom. The third kappa shape index (κ3) is 3.45. The van der Waals surface area contributed by atoms with Crippen molar-refractivity contribution < 1.29 is 24.2 Å². The number of fused-ring (bicyclic) bond motifs is 1. The first-order valence-electron chi connectivity index (χ1n) is 7.79. The van der Waals surface area contributed by atoms with Gasteiger partial charge < -0.3 is 20.3 Å². The number of esters is 1. The van der Waals surface area contributed by atoms with E-state index in [2.05, 4.69) is 4.98 Å². The number of nitrogens with two attached hydrogens (primary N) is 1. The molecule has 3 rings (SSSR count). The van der Waals surface area contributed by atoms with Crippen molar-refractivity contribution in [1.82, 2.24) is 4.98 Å². The molecule has 0 aliphatic rings. The lowest BCUT2D eigenvalue weighted by atomic mass is 10.1. The highest BCUT2D eigenvalue weighted by atomic mass is 32.1. The molecular formula is C18H16N2O5S. The number of carboxylic acids is 1. The zero-order valence-electron chi connectivity index (χ0n) is 13.9. The predicted molar refractivity (Wildman–Crippen MR) is 97.7 cm³/mol. The molecule has 2 heterocycles. The third-order valence-corrected chi connectivity index (χ3v) is 4.75. The summed E-state index contributed by atoms with van der Waals surface area (Å²) in [5.41, 5.74) is 7.34. The van der Waals surface area contributed by atoms with Crippen molar-refractivity contribution in [1.29, 1.82) is 0 Å². The van der Waals surface area contributed by atoms with Crippen LogP contribution in [0.5, 0.6) is 5.75 Å². The van der Waals surface area contributed by atoms with Crippen LogP contribution in [0.1, 0.15) is 33.2 Å². The number of benzene rings is 1. The minimum absolute atomic E-state index is 0.186. The van der Waals surface area contributed by atoms with Crippen LogP contribution in [-0.4, -0.2) is 28.6 Å². The molecule has 0 spiro atoms. The molecular weight excluding hydrogens is 356 g/mol. The fraction of sp³-hybridized carbons (Fsp3) is 0.167. The van der Waals surface area contributed by atoms with Crippen LogP contribution in [0, 0.1) is 0 Å². The number of carboxylic acid groups (broad SMARTS) is 1. The zero-order chi connectivity index (χ0) is 18.7. The Balaban J connectivity index is 1.85. The van der Waals surface area contributed by atoms with Gasteiger partial charge in [-0.15, -0.1) is 11.3 Å². The van der Waals surface area contributed by atoms with Gasteiger partial charge in [0.2, 0.25) is 0 Å². The maximum atomic E-state index is 12.1. The Hall–Kier alpha value is -3.13. The average molecular weight is 372 g/mol. The van der Waals surface area contributed by atoms with Gasteiger partial charge >= 0.3 is 11.9 Å². The molecule has 2 aromatic heterocycles. The maximum absolute atomic E-state index is 12.1. The van der Waals surface area contributed by atoms with Gasteiger partial charge in [-0.1, -0.05) is 0 Å². The monoisotopic (exact) mass is 372 g/mol. The molecule has 26 heavy (non-hydrogen) atoms. The first-order chi connectivity index (χ1) is 12.5. The second kappa shape index (κ2) is 7.40. The number of ether oxygens (including phenoxy) is 2. The topological polar surface area (TPSA) is 112 Å². The van der Waals surface area contributed by atoms with Gasteiger partial charge in [-0.2, -0.15) is 0 Å². The molecule has 1 aromatic carbocycles. The summed E-state index contributed by atoms with van der Waals surface area (Å²) in [5.74, 6) is -0.592. The van der Waals surface area contributed by atoms with Crippen LogP contribution in [-0.2, 0) is 11.3 Å². The number of anilines is 1. The van der Waals surface area contributed by atoms with E-state index in [0.29, 0.717) is 27.2 Å². The average Bonchev–Trinajstić information content (AvgIpc) is 3.05. The molecule has 0 amide bonds. The van der Waals surface area contributed by atoms with Crippen LogP contribution in [0.2, 0.25) is 0 Å². The molecule has 0 bridgehead atoms. The molecule has 0 fully saturated rings. The molecule has 0 saturated carbocycles. The normalized spacial score (nSPS) is 10.7. The van der Waals surface area contributed by atoms with E-state index in [1.54, 1.807) is 19.1 Å². The lowest BCUT2D eigenvalue weighted by Gasteiger charge is -2.08. The smallest absolute Gasteiger partial charge is 0.341 e. The fourth-order valence-corrected chi connectivity index (χ4v) is 3.51. The summed E-state index contributed by atoms with van der Waals surface area (Å²) in [6.45, 7) is 2.23. The van der Waals surface area contributed by atoms with Gasteiger partial charge in [0.05, 0.1) is 22.4 Å². The van der Waals surface area contributed by atoms with Crippen LogP contribution in [0.15, 0.2) is 35.8 Å². The highest BCUT2D eigenvalue weighted by molar-refractivity contribution is 7.17. The third-order valence-electron chi connectivity index (χ3n) is 3.69. The molecule has 134 valence electrons. The highest BCUT2D eigenvalue weighted by Gasteiger charge is 2.18. The van der Waals surface area contributed by atoms with E-state index >= 15 is 0 Å². The Labute approximate surface area is 153 Å². The summed E-state index contributed by atoms with van der Waals surface area (Å²) in [5, 5.41) is 11.4. The summed E-state index contributed by atoms with van der Waals surface area (Å²) in [4.78, 5) is 27.0. The molecule has 0 radical (unpaired) electrons. The lowest BCUT2D eigenvalue weighted by molar-refractivity contribution is 0.0528. The minimum Gasteiger partial charge on any atom is -0.489 e. The van der Waals surface area contributed by atoms with Crippen molar-refractivity contribution in [2.75, 3.05) is 12.3 Å². The SMILES string of the molecule is CCOC(=O)c1cnc(N)c2c(COc3ccc(C(=O)O)cc3)csc12. The Bertz CT molecular complexity index is 966. The molecule has 0 aliphatic heterocycles. The number of nitrogen functional groups attached to an aromatic ring is 1. The van der Waals surface area contributed by atoms with Gasteiger partial charge in [-0.3, -0.25) is 0 Å². The predicted octanol–water partition coefficient (Wildman–Crippen LogP) is 3.33. The molecule has 0 aliphatic carbocycles. The van der Waals surface area contributed by atoms with Crippen molar-refractivity contribution in [3.63, 3.8) is 0 Å². The molecule has 7 nitrogen and oxygen atoms in total. The lowest BCUT2D eigenvalue weighted by Crippen LogP contribution is -2.06. The van der Waals surface area contributed by atoms with Crippen LogP contribution >= 0.6 is 11.3 Å². The van der Waals surface area contributed by atoms with E-state index < -0.39 is 11.9 Å². The van der Waals surface area contributed by atoms with Gasteiger partial charge in [0.25, 0.3) is 0 Å². The fourth-order valence-electron chi connectivity index (χ4n) is 2.45. The number of carbonyl (C=O) groups is 2. The maximum Gasteiger partial charge on any atom is 0.341 e. The molecule has 0 saturated heterocycles. The Morgan fingerprint density at radius 3 is 2.65 bits per heavy atom. The summed E-state index contributed by atoms with van der Waals surface area (Å²) in [6.07, 6.45) is 1.42.